The minimum atomic E-state index is -5.04. The molecule has 1 N–H and O–H groups in total. The molecule has 1 aromatic rings. The maximum atomic E-state index is 12.0. The van der Waals surface area contributed by atoms with Crippen LogP contribution < -0.4 is 29.6 Å². The van der Waals surface area contributed by atoms with Crippen LogP contribution >= 0.6 is 0 Å². The van der Waals surface area contributed by atoms with E-state index in [2.05, 4.69) is 14.5 Å². The number of amides is 2. The summed E-state index contributed by atoms with van der Waals surface area (Å²) in [6.07, 6.45) is 4.68. The molecule has 0 aromatic carbocycles. The van der Waals surface area contributed by atoms with Crippen molar-refractivity contribution in [2.75, 3.05) is 13.1 Å². The Morgan fingerprint density at radius 2 is 2.25 bits per heavy atom. The summed E-state index contributed by atoms with van der Waals surface area (Å²) in [4.78, 5) is 13.3. The summed E-state index contributed by atoms with van der Waals surface area (Å²) in [5, 5.41) is 16.5. The van der Waals surface area contributed by atoms with E-state index >= 15 is 0 Å². The third-order valence-corrected chi connectivity index (χ3v) is 3.86. The Labute approximate surface area is 159 Å². The van der Waals surface area contributed by atoms with Gasteiger partial charge < -0.3 is 14.7 Å². The molecule has 124 valence electrons. The third-order valence-electron chi connectivity index (χ3n) is 3.52. The second kappa shape index (κ2) is 6.82. The zero-order chi connectivity index (χ0) is 16.8. The van der Waals surface area contributed by atoms with Crippen LogP contribution in [0.2, 0.25) is 0 Å². The molecule has 1 aromatic heterocycles. The summed E-state index contributed by atoms with van der Waals surface area (Å²) in [6.45, 7) is 1.98. The summed E-state index contributed by atoms with van der Waals surface area (Å²) in [7, 11) is -5.04. The van der Waals surface area contributed by atoms with Crippen molar-refractivity contribution < 1.29 is 56.8 Å². The molecule has 3 rings (SSSR count). The SMILES string of the molecule is C/C(=N/O)c1cnn(C2=CC3CN(C2)C(=O)N3OS(=O)(=O)[O-])c1.[Na+]. The van der Waals surface area contributed by atoms with Gasteiger partial charge in [-0.2, -0.15) is 14.4 Å². The molecule has 1 atom stereocenters. The van der Waals surface area contributed by atoms with Gasteiger partial charge in [-0.05, 0) is 13.0 Å². The van der Waals surface area contributed by atoms with Crippen molar-refractivity contribution >= 4 is 27.8 Å². The molecule has 3 heterocycles. The Kier molecular flexibility index (Phi) is 5.37. The first-order valence-electron chi connectivity index (χ1n) is 6.47. The first kappa shape index (κ1) is 18.9. The minimum absolute atomic E-state index is 0. The maximum absolute atomic E-state index is 12.0. The molecule has 1 saturated heterocycles. The zero-order valence-corrected chi connectivity index (χ0v) is 15.7. The number of carbonyl (C=O) groups is 1. The summed E-state index contributed by atoms with van der Waals surface area (Å²) in [6, 6.07) is -1.42. The normalized spacial score (nSPS) is 20.9. The number of oxime groups is 1. The molecule has 0 radical (unpaired) electrons. The summed E-state index contributed by atoms with van der Waals surface area (Å²) in [5.41, 5.74) is 1.55. The number of hydroxylamine groups is 2. The Balaban J connectivity index is 0.00000208. The van der Waals surface area contributed by atoms with Gasteiger partial charge in [0.05, 0.1) is 24.2 Å². The van der Waals surface area contributed by atoms with Gasteiger partial charge in [-0.25, -0.2) is 17.9 Å². The molecule has 0 aliphatic carbocycles. The molecule has 2 aliphatic heterocycles. The van der Waals surface area contributed by atoms with E-state index < -0.39 is 22.5 Å². The van der Waals surface area contributed by atoms with Gasteiger partial charge in [-0.15, -0.1) is 0 Å². The third kappa shape index (κ3) is 3.63. The van der Waals surface area contributed by atoms with Gasteiger partial charge in [0.15, 0.2) is 0 Å². The molecule has 2 aliphatic rings. The van der Waals surface area contributed by atoms with Crippen LogP contribution in [0, 0.1) is 0 Å². The zero-order valence-electron chi connectivity index (χ0n) is 12.9. The number of fused-ring (bicyclic) bond motifs is 2. The van der Waals surface area contributed by atoms with E-state index in [9.17, 15) is 17.8 Å². The number of nitrogens with zero attached hydrogens (tertiary/aromatic N) is 5. The Bertz CT molecular complexity index is 819. The number of aromatic nitrogens is 2. The smallest absolute Gasteiger partial charge is 0.724 e. The first-order valence-corrected chi connectivity index (χ1v) is 7.80. The number of hydrogen-bond acceptors (Lipinski definition) is 8. The average Bonchev–Trinajstić information content (AvgIpc) is 3.06. The fraction of sp³-hybridized carbons (Fsp3) is 0.364. The Hall–Kier alpha value is -1.44. The van der Waals surface area contributed by atoms with Gasteiger partial charge in [-0.1, -0.05) is 5.16 Å². The van der Waals surface area contributed by atoms with Crippen molar-refractivity contribution in [1.29, 1.82) is 0 Å². The number of urea groups is 1. The minimum Gasteiger partial charge on any atom is -0.724 e. The molecule has 24 heavy (non-hydrogen) atoms. The molecule has 13 heteroatoms. The second-order valence-corrected chi connectivity index (χ2v) is 6.02. The predicted molar refractivity (Wildman–Crippen MR) is 73.9 cm³/mol. The van der Waals surface area contributed by atoms with E-state index in [1.54, 1.807) is 19.2 Å². The van der Waals surface area contributed by atoms with Crippen LogP contribution in [-0.2, 0) is 14.7 Å². The molecular weight excluding hydrogens is 353 g/mol. The largest absolute Gasteiger partial charge is 1.00 e. The Morgan fingerprint density at radius 3 is 2.88 bits per heavy atom. The van der Waals surface area contributed by atoms with E-state index in [1.165, 1.54) is 15.8 Å². The van der Waals surface area contributed by atoms with Crippen LogP contribution in [0.15, 0.2) is 23.6 Å². The van der Waals surface area contributed by atoms with Gasteiger partial charge in [0.2, 0.25) is 10.4 Å². The van der Waals surface area contributed by atoms with E-state index in [4.69, 9.17) is 5.21 Å². The van der Waals surface area contributed by atoms with Crippen molar-refractivity contribution in [3.63, 3.8) is 0 Å². The van der Waals surface area contributed by atoms with E-state index in [-0.39, 0.29) is 42.6 Å². The van der Waals surface area contributed by atoms with Crippen molar-refractivity contribution in [1.82, 2.24) is 19.7 Å². The molecule has 1 fully saturated rings. The summed E-state index contributed by atoms with van der Waals surface area (Å²) in [5.74, 6) is 0. The fourth-order valence-corrected chi connectivity index (χ4v) is 2.81. The monoisotopic (exact) mass is 365 g/mol. The van der Waals surface area contributed by atoms with E-state index in [1.807, 2.05) is 0 Å². The van der Waals surface area contributed by atoms with Gasteiger partial charge >= 0.3 is 35.6 Å². The number of carbonyl (C=O) groups excluding carboxylic acids is 1. The predicted octanol–water partition coefficient (Wildman–Crippen LogP) is -3.56. The topological polar surface area (TPSA) is 140 Å². The van der Waals surface area contributed by atoms with Crippen LogP contribution in [-0.4, -0.2) is 68.8 Å². The van der Waals surface area contributed by atoms with Crippen LogP contribution in [0.25, 0.3) is 5.70 Å². The van der Waals surface area contributed by atoms with Gasteiger partial charge in [0.1, 0.15) is 6.04 Å². The molecule has 1 unspecified atom stereocenters. The van der Waals surface area contributed by atoms with Crippen LogP contribution in [0.5, 0.6) is 0 Å². The van der Waals surface area contributed by atoms with Gasteiger partial charge in [0, 0.05) is 18.3 Å². The van der Waals surface area contributed by atoms with Gasteiger partial charge in [-0.3, -0.25) is 0 Å². The van der Waals surface area contributed by atoms with Crippen molar-refractivity contribution in [2.24, 2.45) is 5.16 Å². The molecule has 2 bridgehead atoms. The number of hydrogen-bond donors (Lipinski definition) is 1. The van der Waals surface area contributed by atoms with Crippen LogP contribution in [0.3, 0.4) is 0 Å². The summed E-state index contributed by atoms with van der Waals surface area (Å²) >= 11 is 0. The standard InChI is InChI=1S/C11H13N5O6S.Na/c1-7(13-18)8-3-12-15(4-8)9-2-10-6-14(5-9)11(17)16(10)22-23(19,20)21;/h2-4,10,18H,5-6H2,1H3,(H,19,20,21);/q;+1/p-1/b13-7-;. The second-order valence-electron chi connectivity index (χ2n) is 5.06. The molecule has 11 nitrogen and oxygen atoms in total. The van der Waals surface area contributed by atoms with Crippen molar-refractivity contribution in [2.45, 2.75) is 13.0 Å². The number of rotatable bonds is 4. The molecule has 0 saturated carbocycles. The molecular formula is C11H12N5NaO6S. The molecule has 2 amide bonds. The first-order chi connectivity index (χ1) is 10.8. The van der Waals surface area contributed by atoms with E-state index in [0.717, 1.165) is 0 Å². The van der Waals surface area contributed by atoms with Crippen molar-refractivity contribution in [3.05, 3.63) is 24.0 Å². The van der Waals surface area contributed by atoms with Crippen LogP contribution in [0.1, 0.15) is 12.5 Å². The summed E-state index contributed by atoms with van der Waals surface area (Å²) < 4.78 is 37.8. The fourth-order valence-electron chi connectivity index (χ4n) is 2.44. The van der Waals surface area contributed by atoms with Crippen LogP contribution in [0.4, 0.5) is 4.79 Å². The van der Waals surface area contributed by atoms with E-state index in [0.29, 0.717) is 22.0 Å². The van der Waals surface area contributed by atoms with Gasteiger partial charge in [0.25, 0.3) is 0 Å². The van der Waals surface area contributed by atoms with Crippen molar-refractivity contribution in [3.8, 4) is 0 Å². The Morgan fingerprint density at radius 1 is 1.54 bits per heavy atom. The quantitative estimate of drug-likeness (QED) is 0.145. The maximum Gasteiger partial charge on any atom is 1.00 e. The average molecular weight is 365 g/mol. The molecule has 0 spiro atoms.